The normalized spacial score (nSPS) is 11.8. The average Bonchev–Trinajstić information content (AvgIpc) is 2.79. The summed E-state index contributed by atoms with van der Waals surface area (Å²) in [5.41, 5.74) is 2.69. The van der Waals surface area contributed by atoms with E-state index in [1.165, 1.54) is 0 Å². The third kappa shape index (κ3) is 6.50. The van der Waals surface area contributed by atoms with E-state index in [1.54, 1.807) is 24.5 Å². The number of carboxylic acids is 1. The van der Waals surface area contributed by atoms with Gasteiger partial charge in [0.1, 0.15) is 6.04 Å². The van der Waals surface area contributed by atoms with Crippen LogP contribution in [0.3, 0.4) is 0 Å². The number of carbonyl (C=O) groups excluding carboxylic acids is 1. The zero-order chi connectivity index (χ0) is 22.1. The van der Waals surface area contributed by atoms with Crippen LogP contribution in [0, 0.1) is 0 Å². The first kappa shape index (κ1) is 21.7. The van der Waals surface area contributed by atoms with Crippen molar-refractivity contribution in [3.63, 3.8) is 0 Å². The smallest absolute Gasteiger partial charge is 0.326 e. The Kier molecular flexibility index (Phi) is 7.48. The molecule has 0 aliphatic rings. The molecule has 0 spiro atoms. The molecule has 0 bridgehead atoms. The molecular formula is C24H24N4O3. The van der Waals surface area contributed by atoms with Gasteiger partial charge in [-0.15, -0.1) is 0 Å². The van der Waals surface area contributed by atoms with Crippen LogP contribution in [-0.2, 0) is 16.0 Å². The molecule has 2 N–H and O–H groups in total. The van der Waals surface area contributed by atoms with E-state index in [0.717, 1.165) is 16.8 Å². The Labute approximate surface area is 181 Å². The number of aliphatic carboxylic acids is 1. The van der Waals surface area contributed by atoms with Gasteiger partial charge in [-0.1, -0.05) is 54.6 Å². The standard InChI is InChI=1S/C24H24N4O3/c1-28(24-25-15-6-16-26-24)20-13-11-18(12-14-20)9-5-10-21(23(30)31)27-22(29)17-19-7-3-2-4-8-19/h2-9,11-16,21H,10,17H2,1H3,(H,27,29)(H,30,31)/b9-5+/t21-/m0/s1. The SMILES string of the molecule is CN(c1ccc(/C=C/C[C@H](NC(=O)Cc2ccccc2)C(=O)O)cc1)c1ncccn1. The molecule has 0 radical (unpaired) electrons. The zero-order valence-corrected chi connectivity index (χ0v) is 17.2. The zero-order valence-electron chi connectivity index (χ0n) is 17.2. The number of carboxylic acid groups (broad SMARTS) is 1. The molecule has 2 aromatic carbocycles. The van der Waals surface area contributed by atoms with E-state index in [-0.39, 0.29) is 18.7 Å². The van der Waals surface area contributed by atoms with Crippen molar-refractivity contribution >= 4 is 29.6 Å². The van der Waals surface area contributed by atoms with Gasteiger partial charge >= 0.3 is 5.97 Å². The third-order valence-corrected chi connectivity index (χ3v) is 4.66. The lowest BCUT2D eigenvalue weighted by atomic mass is 10.1. The first-order valence-electron chi connectivity index (χ1n) is 9.86. The Morgan fingerprint density at radius 2 is 1.71 bits per heavy atom. The molecule has 31 heavy (non-hydrogen) atoms. The number of aromatic nitrogens is 2. The summed E-state index contributed by atoms with van der Waals surface area (Å²) in [6.45, 7) is 0. The Balaban J connectivity index is 1.56. The van der Waals surface area contributed by atoms with Gasteiger partial charge in [0.2, 0.25) is 11.9 Å². The highest BCUT2D eigenvalue weighted by Gasteiger charge is 2.18. The van der Waals surface area contributed by atoms with Crippen LogP contribution < -0.4 is 10.2 Å². The number of benzene rings is 2. The molecule has 1 heterocycles. The fourth-order valence-electron chi connectivity index (χ4n) is 2.98. The van der Waals surface area contributed by atoms with Crippen molar-refractivity contribution in [3.05, 3.63) is 90.3 Å². The Hall–Kier alpha value is -4.00. The number of rotatable bonds is 9. The molecule has 1 aromatic heterocycles. The molecule has 0 aliphatic carbocycles. The molecular weight excluding hydrogens is 392 g/mol. The topological polar surface area (TPSA) is 95.4 Å². The minimum atomic E-state index is -1.06. The van der Waals surface area contributed by atoms with Crippen LogP contribution in [0.25, 0.3) is 6.08 Å². The molecule has 0 saturated heterocycles. The van der Waals surface area contributed by atoms with Crippen LogP contribution in [0.4, 0.5) is 11.6 Å². The lowest BCUT2D eigenvalue weighted by molar-refractivity contribution is -0.141. The monoisotopic (exact) mass is 416 g/mol. The predicted octanol–water partition coefficient (Wildman–Crippen LogP) is 3.46. The van der Waals surface area contributed by atoms with Crippen LogP contribution in [-0.4, -0.2) is 40.0 Å². The van der Waals surface area contributed by atoms with Gasteiger partial charge in [-0.05, 0) is 35.7 Å². The van der Waals surface area contributed by atoms with Gasteiger partial charge in [0.25, 0.3) is 0 Å². The molecule has 1 amide bonds. The second kappa shape index (κ2) is 10.7. The molecule has 0 unspecified atom stereocenters. The molecule has 0 fully saturated rings. The van der Waals surface area contributed by atoms with Gasteiger partial charge in [0.05, 0.1) is 6.42 Å². The molecule has 7 heteroatoms. The lowest BCUT2D eigenvalue weighted by Crippen LogP contribution is -2.41. The van der Waals surface area contributed by atoms with Gasteiger partial charge in [-0.3, -0.25) is 4.79 Å². The first-order valence-corrected chi connectivity index (χ1v) is 9.86. The quantitative estimate of drug-likeness (QED) is 0.555. The van der Waals surface area contributed by atoms with Gasteiger partial charge in [0.15, 0.2) is 0 Å². The number of hydrogen-bond acceptors (Lipinski definition) is 5. The van der Waals surface area contributed by atoms with E-state index in [4.69, 9.17) is 0 Å². The van der Waals surface area contributed by atoms with E-state index in [2.05, 4.69) is 15.3 Å². The lowest BCUT2D eigenvalue weighted by Gasteiger charge is -2.16. The van der Waals surface area contributed by atoms with Crippen LogP contribution in [0.5, 0.6) is 0 Å². The molecule has 0 aliphatic heterocycles. The minimum Gasteiger partial charge on any atom is -0.480 e. The number of hydrogen-bond donors (Lipinski definition) is 2. The second-order valence-corrected chi connectivity index (χ2v) is 6.96. The van der Waals surface area contributed by atoms with Gasteiger partial charge in [0, 0.05) is 25.1 Å². The first-order chi connectivity index (χ1) is 15.0. The number of nitrogens with one attached hydrogen (secondary N) is 1. The van der Waals surface area contributed by atoms with E-state index in [9.17, 15) is 14.7 Å². The maximum Gasteiger partial charge on any atom is 0.326 e. The van der Waals surface area contributed by atoms with E-state index < -0.39 is 12.0 Å². The summed E-state index contributed by atoms with van der Waals surface area (Å²) in [7, 11) is 1.88. The Bertz CT molecular complexity index is 1020. The highest BCUT2D eigenvalue weighted by molar-refractivity contribution is 5.85. The van der Waals surface area contributed by atoms with E-state index in [0.29, 0.717) is 5.95 Å². The number of carbonyl (C=O) groups is 2. The predicted molar refractivity (Wildman–Crippen MR) is 120 cm³/mol. The number of anilines is 2. The van der Waals surface area contributed by atoms with Crippen molar-refractivity contribution in [3.8, 4) is 0 Å². The van der Waals surface area contributed by atoms with Gasteiger partial charge in [-0.25, -0.2) is 14.8 Å². The van der Waals surface area contributed by atoms with Gasteiger partial charge in [-0.2, -0.15) is 0 Å². The summed E-state index contributed by atoms with van der Waals surface area (Å²) in [6, 6.07) is 17.7. The average molecular weight is 416 g/mol. The van der Waals surface area contributed by atoms with Crippen LogP contribution >= 0.6 is 0 Å². The summed E-state index contributed by atoms with van der Waals surface area (Å²) in [5, 5.41) is 12.0. The molecule has 158 valence electrons. The van der Waals surface area contributed by atoms with Crippen LogP contribution in [0.2, 0.25) is 0 Å². The van der Waals surface area contributed by atoms with Crippen LogP contribution in [0.1, 0.15) is 17.5 Å². The third-order valence-electron chi connectivity index (χ3n) is 4.66. The number of nitrogens with zero attached hydrogens (tertiary/aromatic N) is 3. The minimum absolute atomic E-state index is 0.147. The Morgan fingerprint density at radius 1 is 1.03 bits per heavy atom. The van der Waals surface area contributed by atoms with Crippen molar-refractivity contribution in [1.82, 2.24) is 15.3 Å². The summed E-state index contributed by atoms with van der Waals surface area (Å²) < 4.78 is 0. The molecule has 1 atom stereocenters. The highest BCUT2D eigenvalue weighted by atomic mass is 16.4. The number of amides is 1. The van der Waals surface area contributed by atoms with Crippen molar-refractivity contribution in [2.45, 2.75) is 18.9 Å². The van der Waals surface area contributed by atoms with Crippen molar-refractivity contribution in [2.75, 3.05) is 11.9 Å². The summed E-state index contributed by atoms with van der Waals surface area (Å²) in [6.07, 6.45) is 7.30. The summed E-state index contributed by atoms with van der Waals surface area (Å²) >= 11 is 0. The molecule has 0 saturated carbocycles. The van der Waals surface area contributed by atoms with Gasteiger partial charge < -0.3 is 15.3 Å². The fourth-order valence-corrected chi connectivity index (χ4v) is 2.98. The summed E-state index contributed by atoms with van der Waals surface area (Å²) in [5.74, 6) is -0.783. The summed E-state index contributed by atoms with van der Waals surface area (Å²) in [4.78, 5) is 34.0. The highest BCUT2D eigenvalue weighted by Crippen LogP contribution is 2.20. The maximum absolute atomic E-state index is 12.2. The van der Waals surface area contributed by atoms with Crippen molar-refractivity contribution < 1.29 is 14.7 Å². The largest absolute Gasteiger partial charge is 0.480 e. The van der Waals surface area contributed by atoms with E-state index >= 15 is 0 Å². The van der Waals surface area contributed by atoms with E-state index in [1.807, 2.05) is 72.6 Å². The Morgan fingerprint density at radius 3 is 2.35 bits per heavy atom. The maximum atomic E-state index is 12.2. The van der Waals surface area contributed by atoms with Crippen molar-refractivity contribution in [1.29, 1.82) is 0 Å². The fraction of sp³-hybridized carbons (Fsp3) is 0.167. The van der Waals surface area contributed by atoms with Crippen LogP contribution in [0.15, 0.2) is 79.1 Å². The van der Waals surface area contributed by atoms with Crippen molar-refractivity contribution in [2.24, 2.45) is 0 Å². The molecule has 3 aromatic rings. The molecule has 3 rings (SSSR count). The molecule has 7 nitrogen and oxygen atoms in total. The second-order valence-electron chi connectivity index (χ2n) is 6.96.